The fourth-order valence-corrected chi connectivity index (χ4v) is 3.08. The smallest absolute Gasteiger partial charge is 0.223 e. The van der Waals surface area contributed by atoms with Crippen molar-refractivity contribution in [1.82, 2.24) is 4.90 Å². The van der Waals surface area contributed by atoms with Crippen LogP contribution in [0.25, 0.3) is 0 Å². The Morgan fingerprint density at radius 3 is 2.17 bits per heavy atom. The van der Waals surface area contributed by atoms with Gasteiger partial charge in [-0.2, -0.15) is 0 Å². The van der Waals surface area contributed by atoms with Crippen molar-refractivity contribution in [3.63, 3.8) is 0 Å². The molecule has 0 spiro atoms. The second kappa shape index (κ2) is 8.72. The third kappa shape index (κ3) is 7.89. The summed E-state index contributed by atoms with van der Waals surface area (Å²) in [4.78, 5) is 13.2. The van der Waals surface area contributed by atoms with Gasteiger partial charge in [-0.25, -0.2) is 8.42 Å². The number of rotatable bonds is 7. The lowest BCUT2D eigenvalue weighted by atomic mass is 10.3. The number of carbonyl (C=O) groups is 1. The summed E-state index contributed by atoms with van der Waals surface area (Å²) in [6.45, 7) is 5.91. The molecule has 110 valence electrons. The molecule has 0 radical (unpaired) electrons. The van der Waals surface area contributed by atoms with Crippen LogP contribution in [0.1, 0.15) is 27.2 Å². The molecule has 1 atom stereocenters. The van der Waals surface area contributed by atoms with Crippen LogP contribution in [0, 0.1) is 5.92 Å². The van der Waals surface area contributed by atoms with Gasteiger partial charge in [0, 0.05) is 26.1 Å². The van der Waals surface area contributed by atoms with Gasteiger partial charge in [0.25, 0.3) is 0 Å². The third-order valence-electron chi connectivity index (χ3n) is 2.61. The first-order valence-corrected chi connectivity index (χ1v) is 7.68. The zero-order valence-electron chi connectivity index (χ0n) is 11.5. The molecule has 0 aliphatic rings. The van der Waals surface area contributed by atoms with E-state index >= 15 is 0 Å². The van der Waals surface area contributed by atoms with E-state index in [1.165, 1.54) is 4.90 Å². The van der Waals surface area contributed by atoms with Crippen molar-refractivity contribution in [1.29, 1.82) is 0 Å². The number of carbonyl (C=O) groups excluding carboxylic acids is 1. The van der Waals surface area contributed by atoms with Crippen molar-refractivity contribution >= 4 is 28.2 Å². The fourth-order valence-electron chi connectivity index (χ4n) is 1.41. The highest BCUT2D eigenvalue weighted by molar-refractivity contribution is 7.91. The lowest BCUT2D eigenvalue weighted by Gasteiger charge is -2.23. The number of halogens is 1. The average molecular weight is 301 g/mol. The molecule has 1 unspecified atom stereocenters. The summed E-state index contributed by atoms with van der Waals surface area (Å²) in [6, 6.07) is -0.0599. The van der Waals surface area contributed by atoms with E-state index in [1.54, 1.807) is 7.05 Å². The largest absolute Gasteiger partial charge is 0.342 e. The van der Waals surface area contributed by atoms with Crippen LogP contribution < -0.4 is 5.73 Å². The van der Waals surface area contributed by atoms with Crippen molar-refractivity contribution in [3.05, 3.63) is 0 Å². The van der Waals surface area contributed by atoms with Crippen LogP contribution in [-0.2, 0) is 14.6 Å². The maximum Gasteiger partial charge on any atom is 0.223 e. The molecule has 7 heteroatoms. The Labute approximate surface area is 116 Å². The topological polar surface area (TPSA) is 80.5 Å². The number of hydrogen-bond donors (Lipinski definition) is 1. The van der Waals surface area contributed by atoms with Crippen molar-refractivity contribution < 1.29 is 13.2 Å². The Morgan fingerprint density at radius 1 is 1.28 bits per heavy atom. The quantitative estimate of drug-likeness (QED) is 0.749. The molecule has 0 saturated heterocycles. The van der Waals surface area contributed by atoms with Gasteiger partial charge in [0.1, 0.15) is 0 Å². The molecule has 0 saturated carbocycles. The molecule has 5 nitrogen and oxygen atoms in total. The number of nitrogens with zero attached hydrogens (tertiary/aromatic N) is 1. The Bertz CT molecular complexity index is 344. The van der Waals surface area contributed by atoms with E-state index in [4.69, 9.17) is 5.73 Å². The summed E-state index contributed by atoms with van der Waals surface area (Å²) in [6.07, 6.45) is 0.0376. The lowest BCUT2D eigenvalue weighted by molar-refractivity contribution is -0.131. The van der Waals surface area contributed by atoms with Gasteiger partial charge in [-0.1, -0.05) is 13.8 Å². The van der Waals surface area contributed by atoms with E-state index in [0.29, 0.717) is 6.54 Å². The minimum absolute atomic E-state index is 0. The Balaban J connectivity index is 0. The van der Waals surface area contributed by atoms with Gasteiger partial charge >= 0.3 is 0 Å². The lowest BCUT2D eigenvalue weighted by Crippen LogP contribution is -2.40. The molecule has 0 aliphatic heterocycles. The standard InChI is InChI=1S/C11H24N2O3S.ClH/c1-9(2)8-17(15,16)6-5-11(14)13(4)10(3)7-12;/h9-10H,5-8,12H2,1-4H3;1H. The van der Waals surface area contributed by atoms with Crippen LogP contribution in [0.5, 0.6) is 0 Å². The first kappa shape index (κ1) is 20.0. The minimum atomic E-state index is -3.12. The number of hydrogen-bond acceptors (Lipinski definition) is 4. The third-order valence-corrected chi connectivity index (χ3v) is 4.61. The maximum absolute atomic E-state index is 11.7. The summed E-state index contributed by atoms with van der Waals surface area (Å²) in [5.41, 5.74) is 5.45. The second-order valence-corrected chi connectivity index (χ2v) is 7.08. The number of amides is 1. The molecule has 0 rings (SSSR count). The first-order valence-electron chi connectivity index (χ1n) is 5.85. The highest BCUT2D eigenvalue weighted by atomic mass is 35.5. The molecule has 0 fully saturated rings. The summed E-state index contributed by atoms with van der Waals surface area (Å²) in [5, 5.41) is 0. The molecule has 0 heterocycles. The Hall–Kier alpha value is -0.330. The van der Waals surface area contributed by atoms with Crippen LogP contribution in [0.4, 0.5) is 0 Å². The Morgan fingerprint density at radius 2 is 1.78 bits per heavy atom. The van der Waals surface area contributed by atoms with Gasteiger partial charge in [-0.3, -0.25) is 4.79 Å². The van der Waals surface area contributed by atoms with Crippen LogP contribution in [-0.4, -0.2) is 50.4 Å². The van der Waals surface area contributed by atoms with Gasteiger partial charge in [-0.05, 0) is 12.8 Å². The molecular weight excluding hydrogens is 276 g/mol. The molecule has 1 amide bonds. The number of nitrogens with two attached hydrogens (primary N) is 1. The predicted octanol–water partition coefficient (Wildman–Crippen LogP) is 0.675. The van der Waals surface area contributed by atoms with Crippen molar-refractivity contribution in [2.45, 2.75) is 33.2 Å². The molecule has 0 bridgehead atoms. The van der Waals surface area contributed by atoms with Crippen molar-refractivity contribution in [3.8, 4) is 0 Å². The molecule has 2 N–H and O–H groups in total. The summed E-state index contributed by atoms with van der Waals surface area (Å²) in [7, 11) is -1.47. The predicted molar refractivity (Wildman–Crippen MR) is 76.6 cm³/mol. The SMILES string of the molecule is CC(C)CS(=O)(=O)CCC(=O)N(C)C(C)CN.Cl. The van der Waals surface area contributed by atoms with Crippen molar-refractivity contribution in [2.24, 2.45) is 11.7 Å². The first-order chi connectivity index (χ1) is 7.69. The maximum atomic E-state index is 11.7. The van der Waals surface area contributed by atoms with Crippen LogP contribution in [0.3, 0.4) is 0 Å². The zero-order chi connectivity index (χ0) is 13.6. The van der Waals surface area contributed by atoms with E-state index in [9.17, 15) is 13.2 Å². The second-order valence-electron chi connectivity index (χ2n) is 4.85. The summed E-state index contributed by atoms with van der Waals surface area (Å²) >= 11 is 0. The zero-order valence-corrected chi connectivity index (χ0v) is 13.2. The van der Waals surface area contributed by atoms with Gasteiger partial charge in [0.15, 0.2) is 9.84 Å². The normalized spacial score (nSPS) is 13.0. The monoisotopic (exact) mass is 300 g/mol. The molecular formula is C11H25ClN2O3S. The van der Waals surface area contributed by atoms with Crippen LogP contribution in [0.2, 0.25) is 0 Å². The molecule has 18 heavy (non-hydrogen) atoms. The number of likely N-dealkylation sites (N-methyl/N-ethyl adjacent to an activating group) is 1. The van der Waals surface area contributed by atoms with Gasteiger partial charge in [-0.15, -0.1) is 12.4 Å². The summed E-state index contributed by atoms with van der Waals surface area (Å²) in [5.74, 6) is -0.0201. The van der Waals surface area contributed by atoms with Gasteiger partial charge in [0.05, 0.1) is 11.5 Å². The number of sulfone groups is 1. The van der Waals surface area contributed by atoms with E-state index in [1.807, 2.05) is 20.8 Å². The van der Waals surface area contributed by atoms with Gasteiger partial charge < -0.3 is 10.6 Å². The van der Waals surface area contributed by atoms with Crippen LogP contribution in [0.15, 0.2) is 0 Å². The van der Waals surface area contributed by atoms with Gasteiger partial charge in [0.2, 0.25) is 5.91 Å². The van der Waals surface area contributed by atoms with E-state index in [-0.39, 0.29) is 48.2 Å². The van der Waals surface area contributed by atoms with Crippen LogP contribution >= 0.6 is 12.4 Å². The summed E-state index contributed by atoms with van der Waals surface area (Å²) < 4.78 is 23.2. The van der Waals surface area contributed by atoms with E-state index in [0.717, 1.165) is 0 Å². The highest BCUT2D eigenvalue weighted by Gasteiger charge is 2.19. The van der Waals surface area contributed by atoms with E-state index < -0.39 is 9.84 Å². The molecule has 0 aromatic rings. The Kier molecular flexibility index (Phi) is 9.68. The van der Waals surface area contributed by atoms with Crippen molar-refractivity contribution in [2.75, 3.05) is 25.1 Å². The molecule has 0 aromatic heterocycles. The average Bonchev–Trinajstić information content (AvgIpc) is 2.22. The highest BCUT2D eigenvalue weighted by Crippen LogP contribution is 2.05. The minimum Gasteiger partial charge on any atom is -0.342 e. The van der Waals surface area contributed by atoms with E-state index in [2.05, 4.69) is 0 Å². The fraction of sp³-hybridized carbons (Fsp3) is 0.909. The molecule has 0 aromatic carbocycles. The molecule has 0 aliphatic carbocycles.